The van der Waals surface area contributed by atoms with Crippen LogP contribution in [0.2, 0.25) is 0 Å². The summed E-state index contributed by atoms with van der Waals surface area (Å²) in [5, 5.41) is 0.349. The number of halogens is 1. The van der Waals surface area contributed by atoms with Gasteiger partial charge in [-0.3, -0.25) is 4.90 Å². The second-order valence-corrected chi connectivity index (χ2v) is 5.21. The highest BCUT2D eigenvalue weighted by Crippen LogP contribution is 2.27. The van der Waals surface area contributed by atoms with Crippen molar-refractivity contribution >= 4 is 28.8 Å². The zero-order valence-electron chi connectivity index (χ0n) is 13.4. The molecule has 0 saturated heterocycles. The summed E-state index contributed by atoms with van der Waals surface area (Å²) in [5.41, 5.74) is 1.60. The van der Waals surface area contributed by atoms with Crippen molar-refractivity contribution in [3.8, 4) is 11.5 Å². The van der Waals surface area contributed by atoms with Crippen LogP contribution >= 0.6 is 11.6 Å². The molecule has 0 N–H and O–H groups in total. The molecule has 120 valence electrons. The fourth-order valence-corrected chi connectivity index (χ4v) is 2.39. The van der Waals surface area contributed by atoms with Gasteiger partial charge in [-0.25, -0.2) is 4.99 Å². The lowest BCUT2D eigenvalue weighted by Crippen LogP contribution is -2.25. The summed E-state index contributed by atoms with van der Waals surface area (Å²) >= 11 is 6.18. The Morgan fingerprint density at radius 2 is 1.65 bits per heavy atom. The SMILES string of the molecule is C=C(Cl)N(C(C)=Nc1cccc(OC)c1)c1cccc(OC)c1. The quantitative estimate of drug-likeness (QED) is 0.441. The topological polar surface area (TPSA) is 34.1 Å². The van der Waals surface area contributed by atoms with Crippen LogP contribution in [0.1, 0.15) is 6.92 Å². The zero-order chi connectivity index (χ0) is 16.8. The van der Waals surface area contributed by atoms with Gasteiger partial charge in [0.15, 0.2) is 0 Å². The van der Waals surface area contributed by atoms with Crippen molar-refractivity contribution in [2.75, 3.05) is 19.1 Å². The Morgan fingerprint density at radius 1 is 1.04 bits per heavy atom. The Hall–Kier alpha value is -2.46. The minimum Gasteiger partial charge on any atom is -0.497 e. The number of benzene rings is 2. The Balaban J connectivity index is 2.39. The van der Waals surface area contributed by atoms with E-state index in [1.54, 1.807) is 19.1 Å². The maximum Gasteiger partial charge on any atom is 0.121 e. The van der Waals surface area contributed by atoms with Gasteiger partial charge in [-0.05, 0) is 31.2 Å². The minimum absolute atomic E-state index is 0.349. The molecule has 4 nitrogen and oxygen atoms in total. The lowest BCUT2D eigenvalue weighted by atomic mass is 10.2. The molecular weight excluding hydrogens is 312 g/mol. The third kappa shape index (κ3) is 4.27. The third-order valence-corrected chi connectivity index (χ3v) is 3.39. The molecule has 0 unspecified atom stereocenters. The molecule has 0 fully saturated rings. The molecule has 2 rings (SSSR count). The van der Waals surface area contributed by atoms with Gasteiger partial charge in [0.2, 0.25) is 0 Å². The Bertz CT molecular complexity index is 728. The summed E-state index contributed by atoms with van der Waals surface area (Å²) in [6, 6.07) is 15.0. The van der Waals surface area contributed by atoms with Crippen LogP contribution < -0.4 is 14.4 Å². The highest BCUT2D eigenvalue weighted by molar-refractivity contribution is 6.33. The second-order valence-electron chi connectivity index (χ2n) is 4.77. The number of methoxy groups -OCH3 is 2. The predicted octanol–water partition coefficient (Wildman–Crippen LogP) is 4.97. The number of hydrogen-bond donors (Lipinski definition) is 0. The van der Waals surface area contributed by atoms with E-state index in [1.807, 2.05) is 55.5 Å². The number of aliphatic imine (C=N–C) groups is 1. The molecule has 0 radical (unpaired) electrons. The number of nitrogens with zero attached hydrogens (tertiary/aromatic N) is 2. The van der Waals surface area contributed by atoms with Crippen LogP contribution in [-0.4, -0.2) is 20.1 Å². The van der Waals surface area contributed by atoms with Crippen LogP contribution in [0.4, 0.5) is 11.4 Å². The standard InChI is InChI=1S/C18H19ClN2O2/c1-13(19)21(16-8-6-10-18(12-16)23-4)14(2)20-15-7-5-9-17(11-15)22-3/h5-12H,1H2,2-4H3. The number of hydrogen-bond acceptors (Lipinski definition) is 3. The number of amidine groups is 1. The van der Waals surface area contributed by atoms with Crippen LogP contribution in [0.3, 0.4) is 0 Å². The number of rotatable bonds is 5. The van der Waals surface area contributed by atoms with Gasteiger partial charge < -0.3 is 9.47 Å². The Labute approximate surface area is 141 Å². The van der Waals surface area contributed by atoms with Crippen LogP contribution in [0, 0.1) is 0 Å². The van der Waals surface area contributed by atoms with Crippen LogP contribution in [0.15, 0.2) is 65.3 Å². The van der Waals surface area contributed by atoms with Gasteiger partial charge in [0.25, 0.3) is 0 Å². The molecule has 0 aromatic heterocycles. The van der Waals surface area contributed by atoms with Crippen molar-refractivity contribution in [3.63, 3.8) is 0 Å². The van der Waals surface area contributed by atoms with E-state index >= 15 is 0 Å². The van der Waals surface area contributed by atoms with Crippen LogP contribution in [0.25, 0.3) is 0 Å². The van der Waals surface area contributed by atoms with E-state index in [9.17, 15) is 0 Å². The molecule has 0 bridgehead atoms. The predicted molar refractivity (Wildman–Crippen MR) is 96.2 cm³/mol. The van der Waals surface area contributed by atoms with Gasteiger partial charge in [0, 0.05) is 12.1 Å². The zero-order valence-corrected chi connectivity index (χ0v) is 14.2. The van der Waals surface area contributed by atoms with E-state index in [1.165, 1.54) is 0 Å². The highest BCUT2D eigenvalue weighted by Gasteiger charge is 2.13. The summed E-state index contributed by atoms with van der Waals surface area (Å²) in [6.45, 7) is 5.70. The van der Waals surface area contributed by atoms with Gasteiger partial charge in [-0.1, -0.05) is 30.3 Å². The van der Waals surface area contributed by atoms with Crippen molar-refractivity contribution in [3.05, 3.63) is 60.3 Å². The summed E-state index contributed by atoms with van der Waals surface area (Å²) in [7, 11) is 3.25. The van der Waals surface area contributed by atoms with E-state index in [0.717, 1.165) is 22.9 Å². The van der Waals surface area contributed by atoms with Crippen LogP contribution in [-0.2, 0) is 0 Å². The first kappa shape index (κ1) is 16.9. The van der Waals surface area contributed by atoms with Crippen molar-refractivity contribution in [1.29, 1.82) is 0 Å². The number of ether oxygens (including phenoxy) is 2. The monoisotopic (exact) mass is 330 g/mol. The highest BCUT2D eigenvalue weighted by atomic mass is 35.5. The van der Waals surface area contributed by atoms with Crippen molar-refractivity contribution < 1.29 is 9.47 Å². The molecule has 0 heterocycles. The third-order valence-electron chi connectivity index (χ3n) is 3.22. The first-order chi connectivity index (χ1) is 11.0. The Kier molecular flexibility index (Phi) is 5.66. The van der Waals surface area contributed by atoms with Gasteiger partial charge in [-0.15, -0.1) is 0 Å². The molecule has 0 aliphatic heterocycles. The maximum absolute atomic E-state index is 6.18. The molecule has 0 saturated carbocycles. The fourth-order valence-electron chi connectivity index (χ4n) is 2.17. The second kappa shape index (κ2) is 7.70. The van der Waals surface area contributed by atoms with Gasteiger partial charge >= 0.3 is 0 Å². The summed E-state index contributed by atoms with van der Waals surface area (Å²) in [5.74, 6) is 2.17. The van der Waals surface area contributed by atoms with Crippen LogP contribution in [0.5, 0.6) is 11.5 Å². The molecule has 2 aromatic carbocycles. The fraction of sp³-hybridized carbons (Fsp3) is 0.167. The molecule has 5 heteroatoms. The number of anilines is 1. The van der Waals surface area contributed by atoms with E-state index in [0.29, 0.717) is 11.0 Å². The summed E-state index contributed by atoms with van der Waals surface area (Å²) in [6.07, 6.45) is 0. The summed E-state index contributed by atoms with van der Waals surface area (Å²) < 4.78 is 10.5. The lowest BCUT2D eigenvalue weighted by molar-refractivity contribution is 0.415. The lowest BCUT2D eigenvalue weighted by Gasteiger charge is -2.23. The van der Waals surface area contributed by atoms with Crippen molar-refractivity contribution in [1.82, 2.24) is 0 Å². The van der Waals surface area contributed by atoms with Gasteiger partial charge in [0.1, 0.15) is 22.5 Å². The average Bonchev–Trinajstić information content (AvgIpc) is 2.55. The maximum atomic E-state index is 6.18. The first-order valence-electron chi connectivity index (χ1n) is 7.03. The molecule has 0 amide bonds. The molecule has 0 atom stereocenters. The molecule has 0 spiro atoms. The molecule has 2 aromatic rings. The van der Waals surface area contributed by atoms with E-state index in [2.05, 4.69) is 11.6 Å². The van der Waals surface area contributed by atoms with Crippen molar-refractivity contribution in [2.24, 2.45) is 4.99 Å². The normalized spacial score (nSPS) is 11.0. The van der Waals surface area contributed by atoms with Gasteiger partial charge in [-0.2, -0.15) is 0 Å². The summed E-state index contributed by atoms with van der Waals surface area (Å²) in [4.78, 5) is 6.35. The van der Waals surface area contributed by atoms with E-state index in [4.69, 9.17) is 21.1 Å². The molecular formula is C18H19ClN2O2. The smallest absolute Gasteiger partial charge is 0.121 e. The van der Waals surface area contributed by atoms with E-state index in [-0.39, 0.29) is 0 Å². The van der Waals surface area contributed by atoms with E-state index < -0.39 is 0 Å². The van der Waals surface area contributed by atoms with Gasteiger partial charge in [0.05, 0.1) is 25.6 Å². The Morgan fingerprint density at radius 3 is 2.26 bits per heavy atom. The molecule has 0 aliphatic rings. The van der Waals surface area contributed by atoms with Crippen molar-refractivity contribution in [2.45, 2.75) is 6.92 Å². The largest absolute Gasteiger partial charge is 0.497 e. The minimum atomic E-state index is 0.349. The average molecular weight is 331 g/mol. The molecule has 0 aliphatic carbocycles. The first-order valence-corrected chi connectivity index (χ1v) is 7.41. The molecule has 23 heavy (non-hydrogen) atoms.